The molecule has 16 rings (SSSR count). The van der Waals surface area contributed by atoms with E-state index < -0.39 is 0 Å². The number of Topliss-reactive ketones (excluding diaryl/α,β-unsaturated/α-hetero) is 5. The number of carbonyl (C=O) groups is 6. The van der Waals surface area contributed by atoms with Gasteiger partial charge in [0.05, 0.1) is 54.5 Å². The number of hydrogen-bond acceptors (Lipinski definition) is 6. The minimum Gasteiger partial charge on any atom is -0.295 e. The molecular formula is C106H106O6S6+6. The highest BCUT2D eigenvalue weighted by Gasteiger charge is 2.49. The van der Waals surface area contributed by atoms with Gasteiger partial charge in [0.1, 0.15) is 5.75 Å². The summed E-state index contributed by atoms with van der Waals surface area (Å²) in [4.78, 5) is 86.8. The first-order valence-electron chi connectivity index (χ1n) is 40.7. The molecule has 3 atom stereocenters. The van der Waals surface area contributed by atoms with Gasteiger partial charge in [-0.05, 0) is 185 Å². The van der Waals surface area contributed by atoms with Gasteiger partial charge in [-0.1, -0.05) is 267 Å². The molecule has 0 bridgehead atoms. The lowest BCUT2D eigenvalue weighted by Gasteiger charge is -2.28. The standard InChI is InChI=1S/C20H17OS.C19H17S.C18H23O2S.C18H19OS.C16H15OS.C15H15OS/c21-20(17-10-4-1-5-11-17)16-22(18-12-6-2-7-13-18)19-14-8-3-9-15-19;1-4-10-17(11-5-1)16-20(18-12-6-2-7-13-18)19-14-8-3-9-15-19;19-15-10-4-6-12-17(15)21(14-8-2-1-3-9-14)18-13-7-5-11-16(18)20;19-17-13-7-8-14-18(17)20(15-9-3-1-4-10-15)16-11-5-2-6-12-16;1-2-14(17)13-18(15-9-5-3-6-10-15)16-11-7-4-8-12-16;1-13(16)12-17(14-8-4-2-5-9-14)15-10-6-3-7-11-15/h1-15H,16H2;1-15H,16H2;1-3,8-9,17-18H,4-7,10-13H2;1-6,9-12,18H,7-8,13-14H2;2-12H,1,13H2;2-11H,12H2,1H3/q6*+1. The summed E-state index contributed by atoms with van der Waals surface area (Å²) in [7, 11) is -0.804. The SMILES string of the molecule is C=CC(=O)C[S+](c1ccccc1)c1ccccc1.CC(=O)C[S+](c1ccccc1)c1ccccc1.O=C(C[S+](c1ccccc1)c1ccccc1)c1ccccc1.O=C1CCCCC1[S+](c1ccccc1)C1CCCCC1=O.O=C1CCCCC1[S+](c1ccccc1)c1ccccc1.c1ccc(C[S+](c2ccccc2)c2ccccc2)cc1. The van der Waals surface area contributed by atoms with Crippen molar-refractivity contribution < 1.29 is 28.8 Å². The van der Waals surface area contributed by atoms with Gasteiger partial charge in [0.25, 0.3) is 0 Å². The quantitative estimate of drug-likeness (QED) is 0.0339. The summed E-state index contributed by atoms with van der Waals surface area (Å²) in [5.41, 5.74) is 2.18. The molecule has 0 saturated heterocycles. The molecule has 0 amide bonds. The number of ketones is 6. The predicted octanol–water partition coefficient (Wildman–Crippen LogP) is 24.2. The molecule has 3 aliphatic rings. The fourth-order valence-electron chi connectivity index (χ4n) is 14.2. The molecule has 13 aromatic carbocycles. The molecule has 0 heterocycles. The van der Waals surface area contributed by atoms with E-state index in [2.05, 4.69) is 231 Å². The van der Waals surface area contributed by atoms with Crippen LogP contribution in [0, 0.1) is 0 Å². The smallest absolute Gasteiger partial charge is 0.212 e. The van der Waals surface area contributed by atoms with Crippen LogP contribution in [-0.2, 0) is 95.1 Å². The van der Waals surface area contributed by atoms with E-state index in [4.69, 9.17) is 0 Å². The van der Waals surface area contributed by atoms with Gasteiger partial charge in [0.15, 0.2) is 110 Å². The lowest BCUT2D eigenvalue weighted by molar-refractivity contribution is -0.120. The van der Waals surface area contributed by atoms with E-state index >= 15 is 0 Å². The Labute approximate surface area is 717 Å². The van der Waals surface area contributed by atoms with Crippen molar-refractivity contribution in [2.24, 2.45) is 0 Å². The molecule has 0 aliphatic heterocycles. The third kappa shape index (κ3) is 27.7. The Hall–Kier alpha value is -10.3. The first kappa shape index (κ1) is 88.5. The van der Waals surface area contributed by atoms with Crippen molar-refractivity contribution in [2.45, 2.75) is 159 Å². The summed E-state index contributed by atoms with van der Waals surface area (Å²) in [5, 5.41) is 0.356. The van der Waals surface area contributed by atoms with E-state index in [1.807, 2.05) is 170 Å². The van der Waals surface area contributed by atoms with Crippen LogP contribution < -0.4 is 0 Å². The van der Waals surface area contributed by atoms with Crippen molar-refractivity contribution in [3.05, 3.63) is 418 Å². The monoisotopic (exact) mass is 1670 g/mol. The first-order chi connectivity index (χ1) is 58.0. The van der Waals surface area contributed by atoms with Crippen molar-refractivity contribution >= 4 is 100 Å². The lowest BCUT2D eigenvalue weighted by atomic mass is 9.98. The molecule has 0 spiro atoms. The maximum absolute atomic E-state index is 12.6. The summed E-state index contributed by atoms with van der Waals surface area (Å²) in [6.45, 7) is 5.21. The van der Waals surface area contributed by atoms with Gasteiger partial charge in [-0.3, -0.25) is 28.8 Å². The molecule has 13 aromatic rings. The van der Waals surface area contributed by atoms with Gasteiger partial charge in [0.2, 0.25) is 11.6 Å². The van der Waals surface area contributed by atoms with E-state index in [-0.39, 0.29) is 98.5 Å². The van der Waals surface area contributed by atoms with Crippen molar-refractivity contribution in [2.75, 3.05) is 17.3 Å². The Morgan fingerprint density at radius 2 is 0.534 bits per heavy atom. The van der Waals surface area contributed by atoms with Crippen molar-refractivity contribution in [3.8, 4) is 0 Å². The summed E-state index contributed by atoms with van der Waals surface area (Å²) in [6.07, 6.45) is 13.1. The first-order valence-corrected chi connectivity index (χ1v) is 48.9. The van der Waals surface area contributed by atoms with Crippen LogP contribution in [0.3, 0.4) is 0 Å². The molecule has 118 heavy (non-hydrogen) atoms. The summed E-state index contributed by atoms with van der Waals surface area (Å²) in [6, 6.07) is 135. The van der Waals surface area contributed by atoms with Gasteiger partial charge < -0.3 is 0 Å². The number of carbonyl (C=O) groups excluding carboxylic acids is 6. The topological polar surface area (TPSA) is 102 Å². The zero-order valence-electron chi connectivity index (χ0n) is 67.3. The van der Waals surface area contributed by atoms with E-state index in [1.54, 1.807) is 6.92 Å². The third-order valence-corrected chi connectivity index (χ3v) is 34.9. The largest absolute Gasteiger partial charge is 0.295 e. The van der Waals surface area contributed by atoms with Gasteiger partial charge in [0, 0.05) is 60.5 Å². The van der Waals surface area contributed by atoms with Crippen LogP contribution in [0.15, 0.2) is 461 Å². The molecule has 0 aromatic heterocycles. The highest BCUT2D eigenvalue weighted by Crippen LogP contribution is 2.38. The molecule has 0 radical (unpaired) electrons. The van der Waals surface area contributed by atoms with Gasteiger partial charge in [-0.25, -0.2) is 0 Å². The van der Waals surface area contributed by atoms with Crippen LogP contribution in [0.5, 0.6) is 0 Å². The lowest BCUT2D eigenvalue weighted by Crippen LogP contribution is -2.44. The van der Waals surface area contributed by atoms with Crippen LogP contribution in [0.4, 0.5) is 0 Å². The van der Waals surface area contributed by atoms with Gasteiger partial charge >= 0.3 is 0 Å². The average molecular weight is 1670 g/mol. The van der Waals surface area contributed by atoms with Crippen molar-refractivity contribution in [1.29, 1.82) is 0 Å². The molecule has 0 N–H and O–H groups in total. The molecule has 3 unspecified atom stereocenters. The maximum atomic E-state index is 12.6. The summed E-state index contributed by atoms with van der Waals surface area (Å²) >= 11 is 0. The number of rotatable bonds is 24. The fraction of sp³-hybridized carbons (Fsp3) is 0.189. The minimum atomic E-state index is -0.231. The zero-order valence-corrected chi connectivity index (χ0v) is 72.2. The predicted molar refractivity (Wildman–Crippen MR) is 499 cm³/mol. The fourth-order valence-corrected chi connectivity index (χ4v) is 28.1. The highest BCUT2D eigenvalue weighted by atomic mass is 32.2. The third-order valence-electron chi connectivity index (χ3n) is 20.0. The second-order valence-electron chi connectivity index (χ2n) is 28.5. The Morgan fingerprint density at radius 1 is 0.288 bits per heavy atom. The molecular weight excluding hydrogens is 1560 g/mol. The molecule has 12 heteroatoms. The van der Waals surface area contributed by atoms with E-state index in [0.717, 1.165) is 69.1 Å². The van der Waals surface area contributed by atoms with Crippen molar-refractivity contribution in [3.63, 3.8) is 0 Å². The summed E-state index contributed by atoms with van der Waals surface area (Å²) in [5.74, 6) is 4.42. The van der Waals surface area contributed by atoms with Crippen LogP contribution >= 0.6 is 0 Å². The molecule has 596 valence electrons. The van der Waals surface area contributed by atoms with Gasteiger partial charge in [-0.2, -0.15) is 0 Å². The molecule has 3 aliphatic carbocycles. The van der Waals surface area contributed by atoms with E-state index in [9.17, 15) is 28.8 Å². The second kappa shape index (κ2) is 49.2. The summed E-state index contributed by atoms with van der Waals surface area (Å²) < 4.78 is 0. The number of hydrogen-bond donors (Lipinski definition) is 0. The van der Waals surface area contributed by atoms with E-state index in [0.29, 0.717) is 47.4 Å². The molecule has 3 saturated carbocycles. The molecule has 6 nitrogen and oxygen atoms in total. The Morgan fingerprint density at radius 3 is 0.822 bits per heavy atom. The maximum Gasteiger partial charge on any atom is 0.212 e. The van der Waals surface area contributed by atoms with Crippen LogP contribution in [0.2, 0.25) is 0 Å². The zero-order chi connectivity index (χ0) is 82.1. The molecule has 3 fully saturated rings. The Kier molecular flexibility index (Phi) is 36.9. The number of benzene rings is 13. The van der Waals surface area contributed by atoms with Gasteiger partial charge in [-0.15, -0.1) is 0 Å². The normalized spacial score (nSPS) is 15.2. The number of allylic oxidation sites excluding steroid dienone is 1. The van der Waals surface area contributed by atoms with Crippen LogP contribution in [0.1, 0.15) is 99.9 Å². The highest BCUT2D eigenvalue weighted by molar-refractivity contribution is 8.00. The van der Waals surface area contributed by atoms with Crippen LogP contribution in [-0.4, -0.2) is 67.7 Å². The minimum absolute atomic E-state index is 0.0889. The van der Waals surface area contributed by atoms with E-state index in [1.165, 1.54) is 71.9 Å². The Bertz CT molecular complexity index is 4880. The average Bonchev–Trinajstić information content (AvgIpc) is 0.802. The van der Waals surface area contributed by atoms with Crippen LogP contribution in [0.25, 0.3) is 0 Å². The Balaban J connectivity index is 0.000000139. The second-order valence-corrected chi connectivity index (χ2v) is 41.1. The van der Waals surface area contributed by atoms with Crippen molar-refractivity contribution in [1.82, 2.24) is 0 Å².